The highest BCUT2D eigenvalue weighted by atomic mass is 32.1. The Morgan fingerprint density at radius 2 is 1.76 bits per heavy atom. The topological polar surface area (TPSA) is 64.6 Å². The summed E-state index contributed by atoms with van der Waals surface area (Å²) in [6, 6.07) is 8.55. The number of nitrogens with one attached hydrogen (secondary N) is 1. The van der Waals surface area contributed by atoms with E-state index in [1.165, 1.54) is 18.3 Å². The molecule has 1 amide bonds. The van der Waals surface area contributed by atoms with Gasteiger partial charge in [0.05, 0.1) is 9.75 Å². The molecule has 0 fully saturated rings. The molecule has 3 rings (SSSR count). The Hall–Kier alpha value is -2.34. The van der Waals surface area contributed by atoms with Gasteiger partial charge in [0.25, 0.3) is 5.91 Å². The van der Waals surface area contributed by atoms with Crippen molar-refractivity contribution in [2.45, 2.75) is 6.92 Å². The first kappa shape index (κ1) is 13.6. The monoisotopic (exact) mass is 303 g/mol. The summed E-state index contributed by atoms with van der Waals surface area (Å²) in [6.07, 6.45) is 0. The summed E-state index contributed by atoms with van der Waals surface area (Å²) in [4.78, 5) is 24.4. The third kappa shape index (κ3) is 2.90. The first-order valence-corrected chi connectivity index (χ1v) is 7.27. The standard InChI is InChI=1S/C15H13NO4S/c1-9(17)13-4-5-14(21-13)15(18)16-10-2-3-11-12(8-10)20-7-6-19-11/h2-5,8H,6-7H2,1H3,(H,16,18). The SMILES string of the molecule is CC(=O)c1ccc(C(=O)Nc2ccc3c(c2)OCCO3)s1. The third-order valence-electron chi connectivity index (χ3n) is 2.98. The number of ether oxygens (including phenoxy) is 2. The van der Waals surface area contributed by atoms with Gasteiger partial charge in [0, 0.05) is 11.8 Å². The van der Waals surface area contributed by atoms with E-state index in [4.69, 9.17) is 9.47 Å². The second-order valence-corrected chi connectivity index (χ2v) is 5.62. The summed E-state index contributed by atoms with van der Waals surface area (Å²) in [5, 5.41) is 2.79. The Balaban J connectivity index is 1.76. The number of hydrogen-bond donors (Lipinski definition) is 1. The van der Waals surface area contributed by atoms with Crippen molar-refractivity contribution in [3.8, 4) is 11.5 Å². The number of rotatable bonds is 3. The lowest BCUT2D eigenvalue weighted by Gasteiger charge is -2.18. The van der Waals surface area contributed by atoms with Crippen LogP contribution in [-0.2, 0) is 0 Å². The van der Waals surface area contributed by atoms with Crippen LogP contribution in [-0.4, -0.2) is 24.9 Å². The average Bonchev–Trinajstić information content (AvgIpc) is 2.97. The van der Waals surface area contributed by atoms with Gasteiger partial charge in [0.15, 0.2) is 17.3 Å². The molecule has 6 heteroatoms. The van der Waals surface area contributed by atoms with Crippen LogP contribution in [0.1, 0.15) is 26.3 Å². The van der Waals surface area contributed by atoms with E-state index >= 15 is 0 Å². The van der Waals surface area contributed by atoms with E-state index in [0.717, 1.165) is 0 Å². The predicted molar refractivity (Wildman–Crippen MR) is 79.7 cm³/mol. The van der Waals surface area contributed by atoms with Gasteiger partial charge in [-0.15, -0.1) is 11.3 Å². The lowest BCUT2D eigenvalue weighted by atomic mass is 10.2. The van der Waals surface area contributed by atoms with Gasteiger partial charge < -0.3 is 14.8 Å². The van der Waals surface area contributed by atoms with E-state index in [1.807, 2.05) is 0 Å². The fourth-order valence-electron chi connectivity index (χ4n) is 1.96. The number of Topliss-reactive ketones (excluding diaryl/α,β-unsaturated/α-hetero) is 1. The molecule has 1 aliphatic heterocycles. The lowest BCUT2D eigenvalue weighted by Crippen LogP contribution is -2.16. The third-order valence-corrected chi connectivity index (χ3v) is 4.16. The Labute approximate surface area is 125 Å². The molecule has 0 saturated heterocycles. The number of amides is 1. The smallest absolute Gasteiger partial charge is 0.265 e. The van der Waals surface area contributed by atoms with Gasteiger partial charge in [-0.25, -0.2) is 0 Å². The number of carbonyl (C=O) groups excluding carboxylic acids is 2. The van der Waals surface area contributed by atoms with E-state index < -0.39 is 0 Å². The molecule has 2 heterocycles. The number of benzene rings is 1. The second-order valence-electron chi connectivity index (χ2n) is 4.53. The van der Waals surface area contributed by atoms with Gasteiger partial charge in [-0.1, -0.05) is 0 Å². The van der Waals surface area contributed by atoms with Crippen molar-refractivity contribution >= 4 is 28.7 Å². The summed E-state index contributed by atoms with van der Waals surface area (Å²) in [5.41, 5.74) is 0.627. The van der Waals surface area contributed by atoms with Gasteiger partial charge >= 0.3 is 0 Å². The molecule has 5 nitrogen and oxygen atoms in total. The quantitative estimate of drug-likeness (QED) is 0.885. The van der Waals surface area contributed by atoms with Gasteiger partial charge in [-0.05, 0) is 31.2 Å². The molecular weight excluding hydrogens is 290 g/mol. The van der Waals surface area contributed by atoms with E-state index in [0.29, 0.717) is 40.2 Å². The molecule has 2 aromatic rings. The molecule has 1 aromatic heterocycles. The maximum Gasteiger partial charge on any atom is 0.265 e. The van der Waals surface area contributed by atoms with E-state index in [9.17, 15) is 9.59 Å². The fraction of sp³-hybridized carbons (Fsp3) is 0.200. The number of thiophene rings is 1. The number of fused-ring (bicyclic) bond motifs is 1. The molecule has 0 spiro atoms. The molecule has 0 atom stereocenters. The zero-order chi connectivity index (χ0) is 14.8. The molecule has 1 aliphatic rings. The molecule has 0 aliphatic carbocycles. The van der Waals surface area contributed by atoms with E-state index in [-0.39, 0.29) is 11.7 Å². The van der Waals surface area contributed by atoms with E-state index in [1.54, 1.807) is 30.3 Å². The Bertz CT molecular complexity index is 707. The minimum Gasteiger partial charge on any atom is -0.486 e. The molecule has 108 valence electrons. The highest BCUT2D eigenvalue weighted by Crippen LogP contribution is 2.32. The second kappa shape index (κ2) is 5.57. The summed E-state index contributed by atoms with van der Waals surface area (Å²) in [6.45, 7) is 2.51. The molecule has 0 unspecified atom stereocenters. The highest BCUT2D eigenvalue weighted by Gasteiger charge is 2.15. The summed E-state index contributed by atoms with van der Waals surface area (Å²) in [7, 11) is 0. The highest BCUT2D eigenvalue weighted by molar-refractivity contribution is 7.16. The van der Waals surface area contributed by atoms with Gasteiger partial charge in [0.2, 0.25) is 0 Å². The van der Waals surface area contributed by atoms with Crippen LogP contribution < -0.4 is 14.8 Å². The fourth-order valence-corrected chi connectivity index (χ4v) is 2.76. The van der Waals surface area contributed by atoms with Crippen LogP contribution in [0.3, 0.4) is 0 Å². The lowest BCUT2D eigenvalue weighted by molar-refractivity contribution is 0.101. The zero-order valence-electron chi connectivity index (χ0n) is 11.3. The zero-order valence-corrected chi connectivity index (χ0v) is 12.2. The predicted octanol–water partition coefficient (Wildman–Crippen LogP) is 2.97. The van der Waals surface area contributed by atoms with Gasteiger partial charge in [-0.2, -0.15) is 0 Å². The Kier molecular flexibility index (Phi) is 3.62. The van der Waals surface area contributed by atoms with Gasteiger partial charge in [0.1, 0.15) is 13.2 Å². The first-order chi connectivity index (χ1) is 10.1. The number of ketones is 1. The largest absolute Gasteiger partial charge is 0.486 e. The van der Waals surface area contributed by atoms with Crippen molar-refractivity contribution in [2.24, 2.45) is 0 Å². The molecule has 1 aromatic carbocycles. The van der Waals surface area contributed by atoms with Crippen molar-refractivity contribution < 1.29 is 19.1 Å². The van der Waals surface area contributed by atoms with E-state index in [2.05, 4.69) is 5.32 Å². The molecule has 1 N–H and O–H groups in total. The molecule has 21 heavy (non-hydrogen) atoms. The molecular formula is C15H13NO4S. The van der Waals surface area contributed by atoms with Crippen molar-refractivity contribution in [3.05, 3.63) is 40.1 Å². The number of hydrogen-bond acceptors (Lipinski definition) is 5. The number of carbonyl (C=O) groups is 2. The van der Waals surface area contributed by atoms with Crippen LogP contribution in [0, 0.1) is 0 Å². The van der Waals surface area contributed by atoms with Crippen molar-refractivity contribution in [2.75, 3.05) is 18.5 Å². The summed E-state index contributed by atoms with van der Waals surface area (Å²) in [5.74, 6) is 1.01. The van der Waals surface area contributed by atoms with Crippen LogP contribution in [0.4, 0.5) is 5.69 Å². The van der Waals surface area contributed by atoms with Crippen molar-refractivity contribution in [3.63, 3.8) is 0 Å². The first-order valence-electron chi connectivity index (χ1n) is 6.45. The maximum atomic E-state index is 12.1. The average molecular weight is 303 g/mol. The molecule has 0 radical (unpaired) electrons. The minimum atomic E-state index is -0.246. The molecule has 0 bridgehead atoms. The minimum absolute atomic E-state index is 0.0432. The van der Waals surface area contributed by atoms with Crippen LogP contribution in [0.5, 0.6) is 11.5 Å². The van der Waals surface area contributed by atoms with Crippen molar-refractivity contribution in [1.29, 1.82) is 0 Å². The van der Waals surface area contributed by atoms with Crippen LogP contribution in [0.15, 0.2) is 30.3 Å². The Morgan fingerprint density at radius 1 is 1.05 bits per heavy atom. The summed E-state index contributed by atoms with van der Waals surface area (Å²) >= 11 is 1.18. The van der Waals surface area contributed by atoms with Crippen LogP contribution >= 0.6 is 11.3 Å². The maximum absolute atomic E-state index is 12.1. The van der Waals surface area contributed by atoms with Crippen LogP contribution in [0.25, 0.3) is 0 Å². The Morgan fingerprint density at radius 3 is 2.48 bits per heavy atom. The van der Waals surface area contributed by atoms with Crippen LogP contribution in [0.2, 0.25) is 0 Å². The molecule has 0 saturated carbocycles. The number of anilines is 1. The van der Waals surface area contributed by atoms with Gasteiger partial charge in [-0.3, -0.25) is 9.59 Å². The summed E-state index contributed by atoms with van der Waals surface area (Å²) < 4.78 is 10.9. The normalized spacial score (nSPS) is 12.8. The van der Waals surface area contributed by atoms with Crippen molar-refractivity contribution in [1.82, 2.24) is 0 Å².